The maximum absolute atomic E-state index is 9.18. The van der Waals surface area contributed by atoms with Gasteiger partial charge in [0.1, 0.15) is 6.33 Å². The molecule has 11 heavy (non-hydrogen) atoms. The van der Waals surface area contributed by atoms with Crippen molar-refractivity contribution in [2.75, 3.05) is 0 Å². The minimum absolute atomic E-state index is 0.0249. The lowest BCUT2D eigenvalue weighted by Gasteiger charge is -1.94. The molecule has 0 saturated heterocycles. The Balaban J connectivity index is 2.91. The Morgan fingerprint density at radius 1 is 1.18 bits per heavy atom. The summed E-state index contributed by atoms with van der Waals surface area (Å²) in [6.07, 6.45) is 2.90. The standard InChI is InChI=1S/C7H5N3O/c11-7-5-2-1-3-8-6(5)9-4-10-7/h1-4H,(H,8,9,10,11). The van der Waals surface area contributed by atoms with E-state index in [2.05, 4.69) is 15.0 Å². The summed E-state index contributed by atoms with van der Waals surface area (Å²) in [5.74, 6) is -0.0249. The smallest absolute Gasteiger partial charge is 0.223 e. The van der Waals surface area contributed by atoms with Crippen LogP contribution in [0.5, 0.6) is 5.88 Å². The second kappa shape index (κ2) is 2.16. The maximum atomic E-state index is 9.18. The molecule has 2 heterocycles. The van der Waals surface area contributed by atoms with Gasteiger partial charge in [-0.25, -0.2) is 15.0 Å². The van der Waals surface area contributed by atoms with Crippen LogP contribution in [0.15, 0.2) is 24.7 Å². The van der Waals surface area contributed by atoms with Crippen LogP contribution < -0.4 is 0 Å². The zero-order valence-corrected chi connectivity index (χ0v) is 5.60. The molecule has 0 unspecified atom stereocenters. The first kappa shape index (κ1) is 6.03. The fourth-order valence-electron chi connectivity index (χ4n) is 0.882. The largest absolute Gasteiger partial charge is 0.493 e. The summed E-state index contributed by atoms with van der Waals surface area (Å²) in [6, 6.07) is 3.45. The van der Waals surface area contributed by atoms with Gasteiger partial charge in [0.2, 0.25) is 5.88 Å². The summed E-state index contributed by atoms with van der Waals surface area (Å²) in [7, 11) is 0. The molecule has 0 aliphatic heterocycles. The molecular weight excluding hydrogens is 142 g/mol. The second-order valence-corrected chi connectivity index (χ2v) is 2.07. The first-order valence-electron chi connectivity index (χ1n) is 3.12. The molecule has 1 N–H and O–H groups in total. The fourth-order valence-corrected chi connectivity index (χ4v) is 0.882. The van der Waals surface area contributed by atoms with Crippen molar-refractivity contribution in [1.29, 1.82) is 0 Å². The van der Waals surface area contributed by atoms with E-state index in [4.69, 9.17) is 0 Å². The first-order chi connectivity index (χ1) is 5.38. The number of nitrogens with zero attached hydrogens (tertiary/aromatic N) is 3. The minimum Gasteiger partial charge on any atom is -0.493 e. The minimum atomic E-state index is -0.0249. The maximum Gasteiger partial charge on any atom is 0.223 e. The van der Waals surface area contributed by atoms with E-state index in [1.165, 1.54) is 6.33 Å². The SMILES string of the molecule is Oc1ncnc2ncccc12. The molecular formula is C7H5N3O. The van der Waals surface area contributed by atoms with Gasteiger partial charge in [-0.2, -0.15) is 0 Å². The van der Waals surface area contributed by atoms with Crippen LogP contribution >= 0.6 is 0 Å². The highest BCUT2D eigenvalue weighted by atomic mass is 16.3. The van der Waals surface area contributed by atoms with Crippen molar-refractivity contribution in [3.8, 4) is 5.88 Å². The summed E-state index contributed by atoms with van der Waals surface area (Å²) >= 11 is 0. The Morgan fingerprint density at radius 3 is 2.91 bits per heavy atom. The second-order valence-electron chi connectivity index (χ2n) is 2.07. The molecule has 0 bridgehead atoms. The van der Waals surface area contributed by atoms with Gasteiger partial charge in [0.05, 0.1) is 5.39 Å². The lowest BCUT2D eigenvalue weighted by molar-refractivity contribution is 0.459. The van der Waals surface area contributed by atoms with Gasteiger partial charge in [0, 0.05) is 6.20 Å². The van der Waals surface area contributed by atoms with Crippen LogP contribution in [0.4, 0.5) is 0 Å². The number of rotatable bonds is 0. The lowest BCUT2D eigenvalue weighted by atomic mass is 10.3. The van der Waals surface area contributed by atoms with E-state index in [9.17, 15) is 5.11 Å². The third-order valence-corrected chi connectivity index (χ3v) is 1.39. The molecule has 0 aromatic carbocycles. The van der Waals surface area contributed by atoms with Crippen LogP contribution in [0.25, 0.3) is 11.0 Å². The average Bonchev–Trinajstić information content (AvgIpc) is 2.06. The number of aromatic nitrogens is 3. The molecule has 0 aliphatic rings. The fraction of sp³-hybridized carbons (Fsp3) is 0. The molecule has 0 atom stereocenters. The molecule has 0 fully saturated rings. The first-order valence-corrected chi connectivity index (χ1v) is 3.12. The third kappa shape index (κ3) is 0.881. The van der Waals surface area contributed by atoms with Gasteiger partial charge in [-0.3, -0.25) is 0 Å². The number of fused-ring (bicyclic) bond motifs is 1. The zero-order valence-electron chi connectivity index (χ0n) is 5.60. The summed E-state index contributed by atoms with van der Waals surface area (Å²) in [5, 5.41) is 9.76. The van der Waals surface area contributed by atoms with E-state index in [-0.39, 0.29) is 5.88 Å². The summed E-state index contributed by atoms with van der Waals surface area (Å²) in [5.41, 5.74) is 0.514. The van der Waals surface area contributed by atoms with Crippen molar-refractivity contribution in [3.05, 3.63) is 24.7 Å². The van der Waals surface area contributed by atoms with Crippen LogP contribution in [-0.4, -0.2) is 20.1 Å². The molecule has 0 radical (unpaired) electrons. The van der Waals surface area contributed by atoms with E-state index < -0.39 is 0 Å². The summed E-state index contributed by atoms with van der Waals surface area (Å²) in [6.45, 7) is 0. The van der Waals surface area contributed by atoms with Crippen molar-refractivity contribution >= 4 is 11.0 Å². The molecule has 2 aromatic heterocycles. The van der Waals surface area contributed by atoms with E-state index in [0.717, 1.165) is 0 Å². The molecule has 0 spiro atoms. The summed E-state index contributed by atoms with van der Waals surface area (Å²) < 4.78 is 0. The molecule has 2 aromatic rings. The Bertz CT molecular complexity index is 383. The van der Waals surface area contributed by atoms with Crippen molar-refractivity contribution in [3.63, 3.8) is 0 Å². The normalized spacial score (nSPS) is 10.2. The van der Waals surface area contributed by atoms with Gasteiger partial charge in [-0.1, -0.05) is 0 Å². The number of hydrogen-bond donors (Lipinski definition) is 1. The highest BCUT2D eigenvalue weighted by molar-refractivity contribution is 5.78. The van der Waals surface area contributed by atoms with Crippen LogP contribution in [0.2, 0.25) is 0 Å². The van der Waals surface area contributed by atoms with Crippen LogP contribution in [0, 0.1) is 0 Å². The predicted octanol–water partition coefficient (Wildman–Crippen LogP) is 0.730. The topological polar surface area (TPSA) is 58.9 Å². The van der Waals surface area contributed by atoms with Crippen molar-refractivity contribution < 1.29 is 5.11 Å². The van der Waals surface area contributed by atoms with E-state index in [1.54, 1.807) is 18.3 Å². The van der Waals surface area contributed by atoms with Crippen molar-refractivity contribution in [1.82, 2.24) is 15.0 Å². The molecule has 54 valence electrons. The van der Waals surface area contributed by atoms with Gasteiger partial charge in [0.15, 0.2) is 5.65 Å². The molecule has 0 saturated carbocycles. The Labute approximate surface area is 62.6 Å². The molecule has 0 amide bonds. The molecule has 0 aliphatic carbocycles. The average molecular weight is 147 g/mol. The van der Waals surface area contributed by atoms with Gasteiger partial charge in [0.25, 0.3) is 0 Å². The van der Waals surface area contributed by atoms with E-state index in [1.807, 2.05) is 0 Å². The quantitative estimate of drug-likeness (QED) is 0.596. The molecule has 2 rings (SSSR count). The van der Waals surface area contributed by atoms with Crippen molar-refractivity contribution in [2.24, 2.45) is 0 Å². The third-order valence-electron chi connectivity index (χ3n) is 1.39. The zero-order chi connectivity index (χ0) is 7.68. The molecule has 4 nitrogen and oxygen atoms in total. The van der Waals surface area contributed by atoms with Crippen LogP contribution in [0.1, 0.15) is 0 Å². The van der Waals surface area contributed by atoms with Gasteiger partial charge in [-0.15, -0.1) is 0 Å². The molecule has 4 heteroatoms. The lowest BCUT2D eigenvalue weighted by Crippen LogP contribution is -1.84. The highest BCUT2D eigenvalue weighted by Gasteiger charge is 1.98. The van der Waals surface area contributed by atoms with E-state index >= 15 is 0 Å². The van der Waals surface area contributed by atoms with Gasteiger partial charge < -0.3 is 5.11 Å². The van der Waals surface area contributed by atoms with Crippen LogP contribution in [0.3, 0.4) is 0 Å². The van der Waals surface area contributed by atoms with Crippen molar-refractivity contribution in [2.45, 2.75) is 0 Å². The Hall–Kier alpha value is -1.71. The predicted molar refractivity (Wildman–Crippen MR) is 39.0 cm³/mol. The number of pyridine rings is 1. The van der Waals surface area contributed by atoms with E-state index in [0.29, 0.717) is 11.0 Å². The number of aromatic hydroxyl groups is 1. The van der Waals surface area contributed by atoms with Gasteiger partial charge >= 0.3 is 0 Å². The van der Waals surface area contributed by atoms with Crippen LogP contribution in [-0.2, 0) is 0 Å². The number of hydrogen-bond acceptors (Lipinski definition) is 4. The summed E-state index contributed by atoms with van der Waals surface area (Å²) in [4.78, 5) is 11.4. The Kier molecular flexibility index (Phi) is 1.18. The Morgan fingerprint density at radius 2 is 2.09 bits per heavy atom. The highest BCUT2D eigenvalue weighted by Crippen LogP contribution is 2.15. The monoisotopic (exact) mass is 147 g/mol. The van der Waals surface area contributed by atoms with Gasteiger partial charge in [-0.05, 0) is 12.1 Å².